The molecule has 4 nitrogen and oxygen atoms in total. The summed E-state index contributed by atoms with van der Waals surface area (Å²) < 4.78 is 6.76. The van der Waals surface area contributed by atoms with Crippen molar-refractivity contribution in [2.24, 2.45) is 0 Å². The van der Waals surface area contributed by atoms with E-state index in [1.54, 1.807) is 32.4 Å². The lowest BCUT2D eigenvalue weighted by Crippen LogP contribution is -2.22. The van der Waals surface area contributed by atoms with Crippen LogP contribution in [-0.4, -0.2) is 29.9 Å². The van der Waals surface area contributed by atoms with Gasteiger partial charge in [0.15, 0.2) is 0 Å². The van der Waals surface area contributed by atoms with Crippen LogP contribution < -0.4 is 4.74 Å². The zero-order valence-corrected chi connectivity index (χ0v) is 13.1. The van der Waals surface area contributed by atoms with Gasteiger partial charge in [-0.25, -0.2) is 0 Å². The predicted molar refractivity (Wildman–Crippen MR) is 81.2 cm³/mol. The van der Waals surface area contributed by atoms with Crippen molar-refractivity contribution in [1.29, 1.82) is 0 Å². The lowest BCUT2D eigenvalue weighted by atomic mass is 10.2. The molecular weight excluding hydrogens is 320 g/mol. The Balaban J connectivity index is 2.28. The quantitative estimate of drug-likeness (QED) is 0.860. The van der Waals surface area contributed by atoms with E-state index in [4.69, 9.17) is 4.74 Å². The Kier molecular flexibility index (Phi) is 4.39. The highest BCUT2D eigenvalue weighted by atomic mass is 79.9. The first-order valence-electron chi connectivity index (χ1n) is 6.09. The van der Waals surface area contributed by atoms with Crippen LogP contribution in [0.5, 0.6) is 11.5 Å². The van der Waals surface area contributed by atoms with Gasteiger partial charge in [0.1, 0.15) is 17.2 Å². The van der Waals surface area contributed by atoms with Gasteiger partial charge >= 0.3 is 0 Å². The van der Waals surface area contributed by atoms with Gasteiger partial charge in [-0.15, -0.1) is 0 Å². The molecular formula is C15H15BrN2O2. The molecule has 0 aliphatic rings. The molecule has 0 aliphatic carbocycles. The van der Waals surface area contributed by atoms with Gasteiger partial charge in [-0.05, 0) is 30.7 Å². The van der Waals surface area contributed by atoms with Crippen LogP contribution in [-0.2, 0) is 0 Å². The van der Waals surface area contributed by atoms with E-state index in [-0.39, 0.29) is 5.91 Å². The number of amides is 1. The molecule has 0 fully saturated rings. The van der Waals surface area contributed by atoms with Gasteiger partial charge in [-0.1, -0.05) is 22.0 Å². The number of halogens is 1. The first kappa shape index (κ1) is 14.5. The molecule has 0 atom stereocenters. The number of pyridine rings is 1. The van der Waals surface area contributed by atoms with E-state index in [0.717, 1.165) is 15.8 Å². The zero-order valence-electron chi connectivity index (χ0n) is 11.6. The van der Waals surface area contributed by atoms with Gasteiger partial charge in [0, 0.05) is 30.8 Å². The van der Waals surface area contributed by atoms with Gasteiger partial charge in [0.05, 0.1) is 0 Å². The number of carbonyl (C=O) groups excluding carboxylic acids is 1. The number of aromatic nitrogens is 1. The molecule has 0 radical (unpaired) electrons. The molecule has 20 heavy (non-hydrogen) atoms. The van der Waals surface area contributed by atoms with Crippen molar-refractivity contribution in [2.45, 2.75) is 6.92 Å². The number of aryl methyl sites for hydroxylation is 1. The molecule has 1 amide bonds. The molecule has 0 unspecified atom stereocenters. The molecule has 5 heteroatoms. The summed E-state index contributed by atoms with van der Waals surface area (Å²) in [7, 11) is 3.38. The minimum absolute atomic E-state index is 0.151. The first-order chi connectivity index (χ1) is 9.47. The number of rotatable bonds is 3. The summed E-state index contributed by atoms with van der Waals surface area (Å²) in [5.74, 6) is 1.18. The Morgan fingerprint density at radius 3 is 2.70 bits per heavy atom. The molecule has 0 aliphatic heterocycles. The normalized spacial score (nSPS) is 10.2. The van der Waals surface area contributed by atoms with Crippen LogP contribution in [0, 0.1) is 6.92 Å². The maximum absolute atomic E-state index is 11.9. The van der Waals surface area contributed by atoms with E-state index in [0.29, 0.717) is 11.4 Å². The molecule has 0 N–H and O–H groups in total. The number of hydrogen-bond acceptors (Lipinski definition) is 3. The Labute approximate surface area is 126 Å². The smallest absolute Gasteiger partial charge is 0.272 e. The second-order valence-corrected chi connectivity index (χ2v) is 5.50. The van der Waals surface area contributed by atoms with Crippen LogP contribution in [0.25, 0.3) is 0 Å². The number of carbonyl (C=O) groups is 1. The minimum atomic E-state index is -0.151. The SMILES string of the molecule is Cc1ccc(Br)cc1Oc1ccnc(C(=O)N(C)C)c1. The van der Waals surface area contributed by atoms with Crippen molar-refractivity contribution in [2.75, 3.05) is 14.1 Å². The maximum Gasteiger partial charge on any atom is 0.272 e. The fraction of sp³-hybridized carbons (Fsp3) is 0.200. The molecule has 0 bridgehead atoms. The van der Waals surface area contributed by atoms with Gasteiger partial charge in [0.25, 0.3) is 5.91 Å². The van der Waals surface area contributed by atoms with Crippen LogP contribution in [0.1, 0.15) is 16.1 Å². The van der Waals surface area contributed by atoms with E-state index in [9.17, 15) is 4.79 Å². The van der Waals surface area contributed by atoms with Crippen molar-refractivity contribution >= 4 is 21.8 Å². The highest BCUT2D eigenvalue weighted by molar-refractivity contribution is 9.10. The monoisotopic (exact) mass is 334 g/mol. The van der Waals surface area contributed by atoms with Crippen LogP contribution >= 0.6 is 15.9 Å². The van der Waals surface area contributed by atoms with E-state index in [1.165, 1.54) is 4.90 Å². The largest absolute Gasteiger partial charge is 0.457 e. The van der Waals surface area contributed by atoms with Gasteiger partial charge < -0.3 is 9.64 Å². The van der Waals surface area contributed by atoms with Crippen molar-refractivity contribution in [3.05, 3.63) is 52.3 Å². The highest BCUT2D eigenvalue weighted by Gasteiger charge is 2.11. The fourth-order valence-corrected chi connectivity index (χ4v) is 1.97. The second kappa shape index (κ2) is 6.05. The van der Waals surface area contributed by atoms with Crippen LogP contribution in [0.3, 0.4) is 0 Å². The highest BCUT2D eigenvalue weighted by Crippen LogP contribution is 2.28. The first-order valence-corrected chi connectivity index (χ1v) is 6.88. The summed E-state index contributed by atoms with van der Waals surface area (Å²) >= 11 is 3.41. The molecule has 104 valence electrons. The summed E-state index contributed by atoms with van der Waals surface area (Å²) in [6, 6.07) is 9.18. The standard InChI is InChI=1S/C15H15BrN2O2/c1-10-4-5-11(16)8-14(10)20-12-6-7-17-13(9-12)15(19)18(2)3/h4-9H,1-3H3. The fourth-order valence-electron chi connectivity index (χ4n) is 1.63. The zero-order chi connectivity index (χ0) is 14.7. The van der Waals surface area contributed by atoms with E-state index < -0.39 is 0 Å². The molecule has 1 aromatic heterocycles. The van der Waals surface area contributed by atoms with E-state index >= 15 is 0 Å². The maximum atomic E-state index is 11.9. The average molecular weight is 335 g/mol. The topological polar surface area (TPSA) is 42.4 Å². The summed E-state index contributed by atoms with van der Waals surface area (Å²) in [6.45, 7) is 1.97. The molecule has 0 saturated heterocycles. The van der Waals surface area contributed by atoms with Crippen LogP contribution in [0.15, 0.2) is 41.0 Å². The molecule has 2 rings (SSSR count). The second-order valence-electron chi connectivity index (χ2n) is 4.59. The molecule has 0 spiro atoms. The van der Waals surface area contributed by atoms with Gasteiger partial charge in [0.2, 0.25) is 0 Å². The van der Waals surface area contributed by atoms with Crippen molar-refractivity contribution in [3.8, 4) is 11.5 Å². The predicted octanol–water partition coefficient (Wildman–Crippen LogP) is 3.65. The average Bonchev–Trinajstić information content (AvgIpc) is 2.42. The van der Waals surface area contributed by atoms with Crippen molar-refractivity contribution in [3.63, 3.8) is 0 Å². The lowest BCUT2D eigenvalue weighted by Gasteiger charge is -2.12. The summed E-state index contributed by atoms with van der Waals surface area (Å²) in [5, 5.41) is 0. The van der Waals surface area contributed by atoms with E-state index in [2.05, 4.69) is 20.9 Å². The third kappa shape index (κ3) is 3.36. The van der Waals surface area contributed by atoms with Crippen LogP contribution in [0.4, 0.5) is 0 Å². The van der Waals surface area contributed by atoms with Gasteiger partial charge in [-0.2, -0.15) is 0 Å². The Morgan fingerprint density at radius 2 is 2.00 bits per heavy atom. The Hall–Kier alpha value is -1.88. The number of benzene rings is 1. The molecule has 0 saturated carbocycles. The Bertz CT molecular complexity index is 642. The molecule has 1 aromatic carbocycles. The number of ether oxygens (including phenoxy) is 1. The van der Waals surface area contributed by atoms with E-state index in [1.807, 2.05) is 25.1 Å². The summed E-state index contributed by atoms with van der Waals surface area (Å²) in [6.07, 6.45) is 1.57. The van der Waals surface area contributed by atoms with Crippen LogP contribution in [0.2, 0.25) is 0 Å². The summed E-state index contributed by atoms with van der Waals surface area (Å²) in [5.41, 5.74) is 1.38. The number of nitrogens with zero attached hydrogens (tertiary/aromatic N) is 2. The van der Waals surface area contributed by atoms with Crippen molar-refractivity contribution in [1.82, 2.24) is 9.88 Å². The third-order valence-electron chi connectivity index (χ3n) is 2.73. The number of hydrogen-bond donors (Lipinski definition) is 0. The molecule has 1 heterocycles. The summed E-state index contributed by atoms with van der Waals surface area (Å²) in [4.78, 5) is 17.4. The lowest BCUT2D eigenvalue weighted by molar-refractivity contribution is 0.0821. The minimum Gasteiger partial charge on any atom is -0.457 e. The Morgan fingerprint density at radius 1 is 1.25 bits per heavy atom. The van der Waals surface area contributed by atoms with Crippen molar-refractivity contribution < 1.29 is 9.53 Å². The van der Waals surface area contributed by atoms with Gasteiger partial charge in [-0.3, -0.25) is 9.78 Å². The molecule has 2 aromatic rings. The third-order valence-corrected chi connectivity index (χ3v) is 3.23.